The molecule has 0 spiro atoms. The van der Waals surface area contributed by atoms with E-state index in [-0.39, 0.29) is 0 Å². The minimum Gasteiger partial charge on any atom is -0.373 e. The van der Waals surface area contributed by atoms with Gasteiger partial charge in [-0.1, -0.05) is 13.8 Å². The zero-order chi connectivity index (χ0) is 15.2. The van der Waals surface area contributed by atoms with Gasteiger partial charge in [-0.15, -0.1) is 0 Å². The molecule has 0 fully saturated rings. The summed E-state index contributed by atoms with van der Waals surface area (Å²) in [6.45, 7) is 3.14. The van der Waals surface area contributed by atoms with Gasteiger partial charge in [-0.3, -0.25) is 0 Å². The number of alkyl halides is 3. The lowest BCUT2D eigenvalue weighted by atomic mass is 10.3. The second kappa shape index (κ2) is 7.31. The lowest BCUT2D eigenvalue weighted by molar-refractivity contribution is -0.119. The summed E-state index contributed by atoms with van der Waals surface area (Å²) in [5, 5.41) is 2.87. The molecule has 0 amide bonds. The number of halogens is 3. The number of hydrogen-bond acceptors (Lipinski definition) is 4. The van der Waals surface area contributed by atoms with Crippen LogP contribution in [0.5, 0.6) is 0 Å². The Hall–Kier alpha value is -1.53. The molecule has 1 aromatic heterocycles. The normalized spacial score (nSPS) is 11.5. The third kappa shape index (κ3) is 5.22. The van der Waals surface area contributed by atoms with Crippen LogP contribution in [0.4, 0.5) is 24.8 Å². The molecule has 0 aliphatic heterocycles. The molecule has 1 aromatic rings. The molecule has 1 rings (SSSR count). The molecule has 1 heterocycles. The van der Waals surface area contributed by atoms with Gasteiger partial charge < -0.3 is 10.2 Å². The topological polar surface area (TPSA) is 41.1 Å². The molecule has 20 heavy (non-hydrogen) atoms. The molecule has 0 aromatic carbocycles. The fourth-order valence-corrected chi connectivity index (χ4v) is 1.87. The summed E-state index contributed by atoms with van der Waals surface area (Å²) in [7, 11) is 1.69. The number of anilines is 2. The molecular formula is C13H21F3N4. The monoisotopic (exact) mass is 290 g/mol. The van der Waals surface area contributed by atoms with E-state index >= 15 is 0 Å². The van der Waals surface area contributed by atoms with Crippen molar-refractivity contribution in [2.45, 2.75) is 39.3 Å². The van der Waals surface area contributed by atoms with E-state index < -0.39 is 12.7 Å². The zero-order valence-corrected chi connectivity index (χ0v) is 12.1. The van der Waals surface area contributed by atoms with Gasteiger partial charge in [-0.2, -0.15) is 13.2 Å². The van der Waals surface area contributed by atoms with Crippen LogP contribution in [0, 0.1) is 0 Å². The summed E-state index contributed by atoms with van der Waals surface area (Å²) in [5.41, 5.74) is 0. The number of aromatic nitrogens is 2. The van der Waals surface area contributed by atoms with Crippen LogP contribution in [0.3, 0.4) is 0 Å². The van der Waals surface area contributed by atoms with Crippen molar-refractivity contribution in [3.63, 3.8) is 0 Å². The van der Waals surface area contributed by atoms with Crippen molar-refractivity contribution in [3.8, 4) is 0 Å². The van der Waals surface area contributed by atoms with Crippen molar-refractivity contribution in [2.75, 3.05) is 30.4 Å². The summed E-state index contributed by atoms with van der Waals surface area (Å²) < 4.78 is 37.9. The number of nitrogens with zero attached hydrogens (tertiary/aromatic N) is 3. The lowest BCUT2D eigenvalue weighted by Gasteiger charge is -2.25. The second-order valence-electron chi connectivity index (χ2n) is 4.56. The van der Waals surface area contributed by atoms with Gasteiger partial charge in [0.15, 0.2) is 0 Å². The molecular weight excluding hydrogens is 269 g/mol. The predicted molar refractivity (Wildman–Crippen MR) is 74.1 cm³/mol. The highest BCUT2D eigenvalue weighted by molar-refractivity contribution is 5.49. The predicted octanol–water partition coefficient (Wildman–Crippen LogP) is 3.25. The third-order valence-electron chi connectivity index (χ3n) is 2.68. The van der Waals surface area contributed by atoms with Crippen LogP contribution in [-0.2, 0) is 6.42 Å². The molecule has 0 radical (unpaired) electrons. The van der Waals surface area contributed by atoms with Gasteiger partial charge >= 0.3 is 6.18 Å². The minimum absolute atomic E-state index is 0.311. The number of rotatable bonds is 7. The van der Waals surface area contributed by atoms with Crippen molar-refractivity contribution < 1.29 is 13.2 Å². The van der Waals surface area contributed by atoms with E-state index in [1.54, 1.807) is 13.1 Å². The van der Waals surface area contributed by atoms with E-state index in [9.17, 15) is 13.2 Å². The zero-order valence-electron chi connectivity index (χ0n) is 12.1. The SMILES string of the molecule is CCCc1nc(NC)cc(N(CCC)CC(F)(F)F)n1. The van der Waals surface area contributed by atoms with Gasteiger partial charge in [0.05, 0.1) is 0 Å². The van der Waals surface area contributed by atoms with Crippen LogP contribution in [0.2, 0.25) is 0 Å². The lowest BCUT2D eigenvalue weighted by Crippen LogP contribution is -2.35. The van der Waals surface area contributed by atoms with E-state index in [1.165, 1.54) is 4.90 Å². The molecule has 0 saturated carbocycles. The molecule has 114 valence electrons. The van der Waals surface area contributed by atoms with Crippen molar-refractivity contribution in [2.24, 2.45) is 0 Å². The fraction of sp³-hybridized carbons (Fsp3) is 0.692. The maximum absolute atomic E-state index is 12.6. The van der Waals surface area contributed by atoms with E-state index in [4.69, 9.17) is 0 Å². The summed E-state index contributed by atoms with van der Waals surface area (Å²) in [6.07, 6.45) is -2.13. The van der Waals surface area contributed by atoms with Gasteiger partial charge in [-0.05, 0) is 12.8 Å². The Morgan fingerprint density at radius 3 is 2.40 bits per heavy atom. The smallest absolute Gasteiger partial charge is 0.373 e. The minimum atomic E-state index is -4.25. The molecule has 0 bridgehead atoms. The molecule has 0 saturated heterocycles. The van der Waals surface area contributed by atoms with Gasteiger partial charge in [0.2, 0.25) is 0 Å². The van der Waals surface area contributed by atoms with Gasteiger partial charge in [-0.25, -0.2) is 9.97 Å². The van der Waals surface area contributed by atoms with Crippen LogP contribution in [0.25, 0.3) is 0 Å². The van der Waals surface area contributed by atoms with Crippen molar-refractivity contribution >= 4 is 11.6 Å². The van der Waals surface area contributed by atoms with Gasteiger partial charge in [0.1, 0.15) is 24.0 Å². The van der Waals surface area contributed by atoms with E-state index in [0.29, 0.717) is 36.8 Å². The van der Waals surface area contributed by atoms with Crippen LogP contribution >= 0.6 is 0 Å². The van der Waals surface area contributed by atoms with Crippen molar-refractivity contribution in [1.82, 2.24) is 9.97 Å². The maximum atomic E-state index is 12.6. The Labute approximate surface area is 117 Å². The first-order valence-electron chi connectivity index (χ1n) is 6.77. The van der Waals surface area contributed by atoms with Crippen LogP contribution in [-0.4, -0.2) is 36.3 Å². The largest absolute Gasteiger partial charge is 0.405 e. The summed E-state index contributed by atoms with van der Waals surface area (Å²) >= 11 is 0. The first-order valence-corrected chi connectivity index (χ1v) is 6.77. The van der Waals surface area contributed by atoms with E-state index in [1.807, 2.05) is 13.8 Å². The third-order valence-corrected chi connectivity index (χ3v) is 2.68. The van der Waals surface area contributed by atoms with Gasteiger partial charge in [0.25, 0.3) is 0 Å². The number of nitrogens with one attached hydrogen (secondary N) is 1. The first kappa shape index (κ1) is 16.5. The summed E-state index contributed by atoms with van der Waals surface area (Å²) in [4.78, 5) is 9.75. The Bertz CT molecular complexity index is 421. The molecule has 0 aliphatic rings. The molecule has 4 nitrogen and oxygen atoms in total. The summed E-state index contributed by atoms with van der Waals surface area (Å²) in [5.74, 6) is 1.44. The van der Waals surface area contributed by atoms with Crippen molar-refractivity contribution in [3.05, 3.63) is 11.9 Å². The molecule has 7 heteroatoms. The molecule has 1 N–H and O–H groups in total. The Balaban J connectivity index is 3.07. The van der Waals surface area contributed by atoms with E-state index in [2.05, 4.69) is 15.3 Å². The average Bonchev–Trinajstić information content (AvgIpc) is 2.36. The van der Waals surface area contributed by atoms with E-state index in [0.717, 1.165) is 6.42 Å². The first-order chi connectivity index (χ1) is 9.39. The highest BCUT2D eigenvalue weighted by atomic mass is 19.4. The Kier molecular flexibility index (Phi) is 6.04. The average molecular weight is 290 g/mol. The highest BCUT2D eigenvalue weighted by Gasteiger charge is 2.31. The Morgan fingerprint density at radius 1 is 1.20 bits per heavy atom. The van der Waals surface area contributed by atoms with Crippen LogP contribution in [0.15, 0.2) is 6.07 Å². The summed E-state index contributed by atoms with van der Waals surface area (Å²) in [6, 6.07) is 1.56. The maximum Gasteiger partial charge on any atom is 0.405 e. The highest BCUT2D eigenvalue weighted by Crippen LogP contribution is 2.23. The standard InChI is InChI=1S/C13H21F3N4/c1-4-6-10-18-11(17-3)8-12(19-10)20(7-5-2)9-13(14,15)16/h8H,4-7,9H2,1-3H3,(H,17,18,19). The second-order valence-corrected chi connectivity index (χ2v) is 4.56. The molecule has 0 aliphatic carbocycles. The number of aryl methyl sites for hydroxylation is 1. The van der Waals surface area contributed by atoms with Gasteiger partial charge in [0, 0.05) is 26.1 Å². The van der Waals surface area contributed by atoms with Crippen LogP contribution < -0.4 is 10.2 Å². The number of hydrogen-bond donors (Lipinski definition) is 1. The quantitative estimate of drug-likeness (QED) is 0.837. The van der Waals surface area contributed by atoms with Crippen LogP contribution in [0.1, 0.15) is 32.5 Å². The molecule has 0 unspecified atom stereocenters. The van der Waals surface area contributed by atoms with Crippen molar-refractivity contribution in [1.29, 1.82) is 0 Å². The molecule has 0 atom stereocenters. The Morgan fingerprint density at radius 2 is 1.90 bits per heavy atom. The fourth-order valence-electron chi connectivity index (χ4n) is 1.87.